The van der Waals surface area contributed by atoms with E-state index in [9.17, 15) is 10.2 Å². The Labute approximate surface area is 150 Å². The van der Waals surface area contributed by atoms with E-state index in [1.165, 1.54) is 24.8 Å². The van der Waals surface area contributed by atoms with Gasteiger partial charge in [-0.05, 0) is 55.0 Å². The smallest absolute Gasteiger partial charge is 0.115 e. The lowest BCUT2D eigenvalue weighted by molar-refractivity contribution is 0.0599. The van der Waals surface area contributed by atoms with Crippen molar-refractivity contribution in [1.82, 2.24) is 4.90 Å². The maximum absolute atomic E-state index is 10.7. The standard InChI is InChI=1S/C22H29NO2/c1-17(22(25)19-10-12-21(24)13-11-19)16-23-14-6-5-9-20(23)15-18-7-3-2-4-8-18/h2-4,7-8,10-13,17,20,22,24-25H,5-6,9,14-16H2,1H3. The highest BCUT2D eigenvalue weighted by Crippen LogP contribution is 2.27. The third-order valence-electron chi connectivity index (χ3n) is 5.36. The minimum atomic E-state index is -0.500. The first-order chi connectivity index (χ1) is 12.1. The number of phenols is 1. The third kappa shape index (κ3) is 4.83. The van der Waals surface area contributed by atoms with Crippen molar-refractivity contribution in [3.05, 3.63) is 65.7 Å². The first kappa shape index (κ1) is 18.0. The highest BCUT2D eigenvalue weighted by molar-refractivity contribution is 5.27. The van der Waals surface area contributed by atoms with Crippen LogP contribution in [0.1, 0.15) is 43.4 Å². The number of hydrogen-bond donors (Lipinski definition) is 2. The molecule has 0 aromatic heterocycles. The summed E-state index contributed by atoms with van der Waals surface area (Å²) in [5.41, 5.74) is 2.27. The van der Waals surface area contributed by atoms with Crippen molar-refractivity contribution in [3.8, 4) is 5.75 Å². The van der Waals surface area contributed by atoms with Gasteiger partial charge in [-0.2, -0.15) is 0 Å². The second-order valence-electron chi connectivity index (χ2n) is 7.35. The van der Waals surface area contributed by atoms with Gasteiger partial charge in [0.1, 0.15) is 5.75 Å². The molecular weight excluding hydrogens is 310 g/mol. The molecule has 0 amide bonds. The molecule has 3 rings (SSSR count). The zero-order valence-electron chi connectivity index (χ0n) is 15.0. The fourth-order valence-corrected chi connectivity index (χ4v) is 3.89. The molecule has 1 heterocycles. The van der Waals surface area contributed by atoms with Crippen LogP contribution in [0, 0.1) is 5.92 Å². The summed E-state index contributed by atoms with van der Waals surface area (Å²) in [5.74, 6) is 0.392. The van der Waals surface area contributed by atoms with Crippen molar-refractivity contribution in [2.45, 2.75) is 44.8 Å². The molecule has 1 fully saturated rings. The van der Waals surface area contributed by atoms with Crippen molar-refractivity contribution in [2.24, 2.45) is 5.92 Å². The van der Waals surface area contributed by atoms with Gasteiger partial charge in [-0.1, -0.05) is 55.8 Å². The Morgan fingerprint density at radius 1 is 1.04 bits per heavy atom. The van der Waals surface area contributed by atoms with Crippen LogP contribution >= 0.6 is 0 Å². The van der Waals surface area contributed by atoms with Crippen molar-refractivity contribution in [1.29, 1.82) is 0 Å². The summed E-state index contributed by atoms with van der Waals surface area (Å²) in [4.78, 5) is 2.56. The van der Waals surface area contributed by atoms with Crippen molar-refractivity contribution in [3.63, 3.8) is 0 Å². The number of hydrogen-bond acceptors (Lipinski definition) is 3. The number of aliphatic hydroxyl groups excluding tert-OH is 1. The number of piperidine rings is 1. The zero-order valence-corrected chi connectivity index (χ0v) is 15.0. The van der Waals surface area contributed by atoms with Gasteiger partial charge in [0.2, 0.25) is 0 Å². The van der Waals surface area contributed by atoms with Gasteiger partial charge in [-0.15, -0.1) is 0 Å². The molecule has 3 atom stereocenters. The molecule has 3 heteroatoms. The molecule has 2 aromatic rings. The number of nitrogens with zero attached hydrogens (tertiary/aromatic N) is 1. The first-order valence-corrected chi connectivity index (χ1v) is 9.38. The summed E-state index contributed by atoms with van der Waals surface area (Å²) in [6.07, 6.45) is 4.36. The lowest BCUT2D eigenvalue weighted by Crippen LogP contribution is -2.43. The van der Waals surface area contributed by atoms with Crippen LogP contribution in [0.4, 0.5) is 0 Å². The normalized spacial score (nSPS) is 21.0. The minimum Gasteiger partial charge on any atom is -0.508 e. The summed E-state index contributed by atoms with van der Waals surface area (Å²) in [6.45, 7) is 4.13. The van der Waals surface area contributed by atoms with Gasteiger partial charge >= 0.3 is 0 Å². The first-order valence-electron chi connectivity index (χ1n) is 9.38. The summed E-state index contributed by atoms with van der Waals surface area (Å²) < 4.78 is 0. The summed E-state index contributed by atoms with van der Waals surface area (Å²) >= 11 is 0. The number of rotatable bonds is 6. The van der Waals surface area contributed by atoms with Gasteiger partial charge in [-0.25, -0.2) is 0 Å². The molecule has 0 aliphatic carbocycles. The molecule has 0 bridgehead atoms. The van der Waals surface area contributed by atoms with Crippen LogP contribution in [0.25, 0.3) is 0 Å². The minimum absolute atomic E-state index is 0.154. The molecule has 1 aliphatic heterocycles. The Morgan fingerprint density at radius 2 is 1.76 bits per heavy atom. The second kappa shape index (κ2) is 8.50. The molecule has 3 unspecified atom stereocenters. The maximum atomic E-state index is 10.7. The van der Waals surface area contributed by atoms with Gasteiger partial charge in [0.05, 0.1) is 6.10 Å². The van der Waals surface area contributed by atoms with E-state index in [1.807, 2.05) is 12.1 Å². The number of benzene rings is 2. The second-order valence-corrected chi connectivity index (χ2v) is 7.35. The molecule has 0 radical (unpaired) electrons. The highest BCUT2D eigenvalue weighted by atomic mass is 16.3. The SMILES string of the molecule is CC(CN1CCCCC1Cc1ccccc1)C(O)c1ccc(O)cc1. The van der Waals surface area contributed by atoms with E-state index >= 15 is 0 Å². The monoisotopic (exact) mass is 339 g/mol. The fraction of sp³-hybridized carbons (Fsp3) is 0.455. The molecule has 1 saturated heterocycles. The Morgan fingerprint density at radius 3 is 2.48 bits per heavy atom. The fourth-order valence-electron chi connectivity index (χ4n) is 3.89. The van der Waals surface area contributed by atoms with Gasteiger partial charge < -0.3 is 10.2 Å². The van der Waals surface area contributed by atoms with Gasteiger partial charge in [0, 0.05) is 12.6 Å². The largest absolute Gasteiger partial charge is 0.508 e. The van der Waals surface area contributed by atoms with Gasteiger partial charge in [0.25, 0.3) is 0 Å². The molecule has 1 aliphatic rings. The molecule has 25 heavy (non-hydrogen) atoms. The Bertz CT molecular complexity index is 641. The van der Waals surface area contributed by atoms with E-state index < -0.39 is 6.10 Å². The average molecular weight is 339 g/mol. The highest BCUT2D eigenvalue weighted by Gasteiger charge is 2.26. The number of likely N-dealkylation sites (tertiary alicyclic amines) is 1. The topological polar surface area (TPSA) is 43.7 Å². The third-order valence-corrected chi connectivity index (χ3v) is 5.36. The van der Waals surface area contributed by atoms with E-state index in [0.29, 0.717) is 6.04 Å². The predicted molar refractivity (Wildman–Crippen MR) is 102 cm³/mol. The van der Waals surface area contributed by atoms with Crippen molar-refractivity contribution < 1.29 is 10.2 Å². The number of aromatic hydroxyl groups is 1. The number of aliphatic hydroxyl groups is 1. The predicted octanol–water partition coefficient (Wildman–Crippen LogP) is 4.16. The van der Waals surface area contributed by atoms with E-state index in [2.05, 4.69) is 42.2 Å². The molecule has 0 spiro atoms. The average Bonchev–Trinajstić information content (AvgIpc) is 2.64. The van der Waals surface area contributed by atoms with E-state index in [1.54, 1.807) is 12.1 Å². The molecule has 3 nitrogen and oxygen atoms in total. The van der Waals surface area contributed by atoms with Crippen LogP contribution in [0.3, 0.4) is 0 Å². The molecular formula is C22H29NO2. The van der Waals surface area contributed by atoms with Crippen molar-refractivity contribution >= 4 is 0 Å². The summed E-state index contributed by atoms with van der Waals surface area (Å²) in [7, 11) is 0. The lowest BCUT2D eigenvalue weighted by atomic mass is 9.92. The molecule has 0 saturated carbocycles. The van der Waals surface area contributed by atoms with Crippen molar-refractivity contribution in [2.75, 3.05) is 13.1 Å². The van der Waals surface area contributed by atoms with Crippen LogP contribution in [0.2, 0.25) is 0 Å². The van der Waals surface area contributed by atoms with E-state index in [-0.39, 0.29) is 11.7 Å². The lowest BCUT2D eigenvalue weighted by Gasteiger charge is -2.38. The van der Waals surface area contributed by atoms with E-state index in [0.717, 1.165) is 25.1 Å². The van der Waals surface area contributed by atoms with Gasteiger partial charge in [0.15, 0.2) is 0 Å². The Hall–Kier alpha value is -1.84. The van der Waals surface area contributed by atoms with Gasteiger partial charge in [-0.3, -0.25) is 4.90 Å². The van der Waals surface area contributed by atoms with Crippen LogP contribution in [-0.4, -0.2) is 34.2 Å². The summed E-state index contributed by atoms with van der Waals surface area (Å²) in [6, 6.07) is 18.2. The van der Waals surface area contributed by atoms with Crippen LogP contribution < -0.4 is 0 Å². The number of phenolic OH excluding ortho intramolecular Hbond substituents is 1. The Balaban J connectivity index is 1.63. The van der Waals surface area contributed by atoms with Crippen LogP contribution in [-0.2, 0) is 6.42 Å². The van der Waals surface area contributed by atoms with E-state index in [4.69, 9.17) is 0 Å². The molecule has 134 valence electrons. The maximum Gasteiger partial charge on any atom is 0.115 e. The molecule has 2 N–H and O–H groups in total. The quantitative estimate of drug-likeness (QED) is 0.830. The van der Waals surface area contributed by atoms with Crippen LogP contribution in [0.15, 0.2) is 54.6 Å². The van der Waals surface area contributed by atoms with Crippen LogP contribution in [0.5, 0.6) is 5.75 Å². The Kier molecular flexibility index (Phi) is 6.11. The zero-order chi connectivity index (χ0) is 17.6. The molecule has 2 aromatic carbocycles. The summed E-state index contributed by atoms with van der Waals surface area (Å²) in [5, 5.41) is 20.1.